The zero-order valence-corrected chi connectivity index (χ0v) is 13.0. The molecule has 1 aromatic rings. The van der Waals surface area contributed by atoms with Crippen LogP contribution in [0.1, 0.15) is 44.6 Å². The van der Waals surface area contributed by atoms with Crippen molar-refractivity contribution in [1.82, 2.24) is 4.90 Å². The Morgan fingerprint density at radius 1 is 1.25 bits per heavy atom. The molecule has 1 fully saturated rings. The molecule has 1 heterocycles. The fourth-order valence-electron chi connectivity index (χ4n) is 2.84. The van der Waals surface area contributed by atoms with Crippen molar-refractivity contribution < 1.29 is 4.79 Å². The monoisotopic (exact) mass is 296 g/mol. The summed E-state index contributed by atoms with van der Waals surface area (Å²) in [6, 6.07) is 8.06. The third kappa shape index (κ3) is 4.41. The highest BCUT2D eigenvalue weighted by Gasteiger charge is 2.23. The van der Waals surface area contributed by atoms with Gasteiger partial charge in [-0.05, 0) is 37.0 Å². The zero-order valence-electron chi connectivity index (χ0n) is 12.2. The van der Waals surface area contributed by atoms with E-state index in [0.717, 1.165) is 37.1 Å². The number of likely N-dealkylation sites (tertiary alicyclic amines) is 1. The van der Waals surface area contributed by atoms with Gasteiger partial charge in [0.05, 0.1) is 6.42 Å². The number of nitrogens with zero attached hydrogens (tertiary/aromatic N) is 1. The minimum absolute atomic E-state index is 0. The molecule has 4 heteroatoms. The van der Waals surface area contributed by atoms with Crippen molar-refractivity contribution in [3.05, 3.63) is 29.8 Å². The van der Waals surface area contributed by atoms with E-state index in [1.54, 1.807) is 0 Å². The van der Waals surface area contributed by atoms with Crippen LogP contribution in [0.3, 0.4) is 0 Å². The number of carbonyl (C=O) groups is 1. The number of rotatable bonds is 3. The van der Waals surface area contributed by atoms with Gasteiger partial charge >= 0.3 is 0 Å². The van der Waals surface area contributed by atoms with E-state index in [4.69, 9.17) is 5.73 Å². The maximum absolute atomic E-state index is 12.5. The van der Waals surface area contributed by atoms with Crippen LogP contribution in [-0.2, 0) is 11.2 Å². The number of hydrogen-bond donors (Lipinski definition) is 1. The number of benzene rings is 1. The highest BCUT2D eigenvalue weighted by molar-refractivity contribution is 5.85. The van der Waals surface area contributed by atoms with Crippen molar-refractivity contribution in [2.45, 2.75) is 51.5 Å². The average molecular weight is 297 g/mol. The summed E-state index contributed by atoms with van der Waals surface area (Å²) in [7, 11) is 0. The molecule has 112 valence electrons. The molecular weight excluding hydrogens is 272 g/mol. The summed E-state index contributed by atoms with van der Waals surface area (Å²) in [6.07, 6.45) is 6.37. The molecule has 1 saturated heterocycles. The predicted molar refractivity (Wildman–Crippen MR) is 86.1 cm³/mol. The lowest BCUT2D eigenvalue weighted by molar-refractivity contribution is -0.132. The number of nitrogens with two attached hydrogens (primary N) is 1. The molecule has 0 aromatic heterocycles. The van der Waals surface area contributed by atoms with Crippen LogP contribution in [0.4, 0.5) is 5.69 Å². The molecule has 1 unspecified atom stereocenters. The van der Waals surface area contributed by atoms with Crippen LogP contribution in [-0.4, -0.2) is 23.4 Å². The minimum atomic E-state index is 0. The molecule has 1 aromatic carbocycles. The molecule has 1 amide bonds. The second kappa shape index (κ2) is 8.15. The molecule has 0 saturated carbocycles. The lowest BCUT2D eigenvalue weighted by atomic mass is 10.1. The van der Waals surface area contributed by atoms with Crippen molar-refractivity contribution in [2.75, 3.05) is 12.3 Å². The molecule has 1 atom stereocenters. The van der Waals surface area contributed by atoms with Gasteiger partial charge in [-0.25, -0.2) is 0 Å². The third-order valence-corrected chi connectivity index (χ3v) is 4.00. The van der Waals surface area contributed by atoms with Crippen LogP contribution in [0.25, 0.3) is 0 Å². The van der Waals surface area contributed by atoms with Crippen molar-refractivity contribution in [2.24, 2.45) is 0 Å². The van der Waals surface area contributed by atoms with E-state index in [1.165, 1.54) is 12.8 Å². The Bertz CT molecular complexity index is 419. The maximum Gasteiger partial charge on any atom is 0.227 e. The van der Waals surface area contributed by atoms with Crippen LogP contribution < -0.4 is 5.73 Å². The van der Waals surface area contributed by atoms with E-state index < -0.39 is 0 Å². The number of halogens is 1. The average Bonchev–Trinajstić information content (AvgIpc) is 2.66. The van der Waals surface area contributed by atoms with Gasteiger partial charge in [0.1, 0.15) is 0 Å². The maximum atomic E-state index is 12.5. The summed E-state index contributed by atoms with van der Waals surface area (Å²) in [4.78, 5) is 14.6. The van der Waals surface area contributed by atoms with E-state index in [1.807, 2.05) is 24.3 Å². The number of nitrogen functional groups attached to an aromatic ring is 1. The topological polar surface area (TPSA) is 46.3 Å². The second-order valence-electron chi connectivity index (χ2n) is 5.42. The van der Waals surface area contributed by atoms with Crippen molar-refractivity contribution >= 4 is 24.0 Å². The predicted octanol–water partition coefficient (Wildman–Crippen LogP) is 3.41. The van der Waals surface area contributed by atoms with Gasteiger partial charge in [-0.3, -0.25) is 4.79 Å². The molecule has 2 N–H and O–H groups in total. The van der Waals surface area contributed by atoms with Crippen LogP contribution in [0.5, 0.6) is 0 Å². The number of anilines is 1. The number of carbonyl (C=O) groups excluding carboxylic acids is 1. The van der Waals surface area contributed by atoms with E-state index in [2.05, 4.69) is 11.8 Å². The number of amides is 1. The molecule has 2 rings (SSSR count). The van der Waals surface area contributed by atoms with Gasteiger partial charge in [0.25, 0.3) is 0 Å². The first kappa shape index (κ1) is 16.8. The SMILES string of the molecule is CCC1CCCCCN1C(=O)Cc1ccc(N)cc1.Cl. The van der Waals surface area contributed by atoms with Gasteiger partial charge in [-0.2, -0.15) is 0 Å². The molecule has 0 bridgehead atoms. The minimum Gasteiger partial charge on any atom is -0.399 e. The summed E-state index contributed by atoms with van der Waals surface area (Å²) in [5, 5.41) is 0. The molecule has 3 nitrogen and oxygen atoms in total. The standard InChI is InChI=1S/C16H24N2O.ClH/c1-2-15-6-4-3-5-11-18(15)16(19)12-13-7-9-14(17)10-8-13;/h7-10,15H,2-6,11-12,17H2,1H3;1H. The Morgan fingerprint density at radius 2 is 1.95 bits per heavy atom. The summed E-state index contributed by atoms with van der Waals surface area (Å²) in [5.74, 6) is 0.263. The molecule has 20 heavy (non-hydrogen) atoms. The molecule has 0 aliphatic carbocycles. The third-order valence-electron chi connectivity index (χ3n) is 4.00. The molecule has 1 aliphatic rings. The first-order chi connectivity index (χ1) is 9.20. The smallest absolute Gasteiger partial charge is 0.227 e. The fourth-order valence-corrected chi connectivity index (χ4v) is 2.84. The molecule has 0 spiro atoms. The summed E-state index contributed by atoms with van der Waals surface area (Å²) in [6.45, 7) is 3.10. The van der Waals surface area contributed by atoms with E-state index in [-0.39, 0.29) is 18.3 Å². The first-order valence-corrected chi connectivity index (χ1v) is 7.34. The summed E-state index contributed by atoms with van der Waals surface area (Å²) in [5.41, 5.74) is 7.47. The van der Waals surface area contributed by atoms with Gasteiger partial charge in [0.2, 0.25) is 5.91 Å². The van der Waals surface area contributed by atoms with E-state index in [9.17, 15) is 4.79 Å². The van der Waals surface area contributed by atoms with Gasteiger partial charge in [-0.15, -0.1) is 12.4 Å². The zero-order chi connectivity index (χ0) is 13.7. The van der Waals surface area contributed by atoms with E-state index in [0.29, 0.717) is 12.5 Å². The summed E-state index contributed by atoms with van der Waals surface area (Å²) >= 11 is 0. The van der Waals surface area contributed by atoms with Crippen LogP contribution in [0, 0.1) is 0 Å². The Hall–Kier alpha value is -1.22. The Kier molecular flexibility index (Phi) is 6.86. The molecule has 0 radical (unpaired) electrons. The lowest BCUT2D eigenvalue weighted by Crippen LogP contribution is -2.40. The van der Waals surface area contributed by atoms with Gasteiger partial charge in [-0.1, -0.05) is 31.9 Å². The Labute approximate surface area is 127 Å². The van der Waals surface area contributed by atoms with Crippen molar-refractivity contribution in [3.8, 4) is 0 Å². The van der Waals surface area contributed by atoms with Gasteiger partial charge in [0.15, 0.2) is 0 Å². The Morgan fingerprint density at radius 3 is 2.60 bits per heavy atom. The number of hydrogen-bond acceptors (Lipinski definition) is 2. The van der Waals surface area contributed by atoms with Crippen LogP contribution >= 0.6 is 12.4 Å². The normalized spacial score (nSPS) is 19.1. The quantitative estimate of drug-likeness (QED) is 0.869. The largest absolute Gasteiger partial charge is 0.399 e. The fraction of sp³-hybridized carbons (Fsp3) is 0.562. The van der Waals surface area contributed by atoms with Crippen LogP contribution in [0.15, 0.2) is 24.3 Å². The van der Waals surface area contributed by atoms with Gasteiger partial charge < -0.3 is 10.6 Å². The van der Waals surface area contributed by atoms with Crippen molar-refractivity contribution in [1.29, 1.82) is 0 Å². The molecular formula is C16H25ClN2O. The first-order valence-electron chi connectivity index (χ1n) is 7.34. The van der Waals surface area contributed by atoms with Crippen molar-refractivity contribution in [3.63, 3.8) is 0 Å². The summed E-state index contributed by atoms with van der Waals surface area (Å²) < 4.78 is 0. The second-order valence-corrected chi connectivity index (χ2v) is 5.42. The lowest BCUT2D eigenvalue weighted by Gasteiger charge is -2.29. The Balaban J connectivity index is 0.00000200. The molecule has 1 aliphatic heterocycles. The van der Waals surface area contributed by atoms with Crippen LogP contribution in [0.2, 0.25) is 0 Å². The highest BCUT2D eigenvalue weighted by atomic mass is 35.5. The van der Waals surface area contributed by atoms with E-state index >= 15 is 0 Å². The highest BCUT2D eigenvalue weighted by Crippen LogP contribution is 2.20. The van der Waals surface area contributed by atoms with Gasteiger partial charge in [0, 0.05) is 18.3 Å².